The summed E-state index contributed by atoms with van der Waals surface area (Å²) >= 11 is 0. The van der Waals surface area contributed by atoms with Gasteiger partial charge in [-0.3, -0.25) is 10.4 Å². The molecule has 1 fully saturated rings. The number of nitrogens with one attached hydrogen (secondary N) is 2. The predicted octanol–water partition coefficient (Wildman–Crippen LogP) is 2.79. The van der Waals surface area contributed by atoms with Gasteiger partial charge in [-0.05, 0) is 24.6 Å². The molecule has 0 saturated carbocycles. The van der Waals surface area contributed by atoms with Crippen LogP contribution < -0.4 is 15.6 Å². The third-order valence-electron chi connectivity index (χ3n) is 5.09. The van der Waals surface area contributed by atoms with Crippen LogP contribution in [0.2, 0.25) is 0 Å². The van der Waals surface area contributed by atoms with E-state index >= 15 is 0 Å². The fraction of sp³-hybridized carbons (Fsp3) is 0.333. The molecule has 0 bridgehead atoms. The van der Waals surface area contributed by atoms with Crippen LogP contribution in [-0.2, 0) is 17.7 Å². The molecule has 1 aliphatic heterocycles. The number of nitrogens with zero attached hydrogens (tertiary/aromatic N) is 5. The number of hydrazone groups is 1. The van der Waals surface area contributed by atoms with E-state index < -0.39 is 0 Å². The zero-order valence-corrected chi connectivity index (χ0v) is 18.4. The first kappa shape index (κ1) is 21.9. The molecule has 0 aliphatic carbocycles. The average molecular weight is 432 g/mol. The quantitative estimate of drug-likeness (QED) is 0.306. The Morgan fingerprint density at radius 2 is 2.00 bits per heavy atom. The van der Waals surface area contributed by atoms with Gasteiger partial charge in [0.25, 0.3) is 0 Å². The van der Waals surface area contributed by atoms with Gasteiger partial charge in [0.2, 0.25) is 0 Å². The van der Waals surface area contributed by atoms with Crippen molar-refractivity contribution in [3.05, 3.63) is 77.4 Å². The maximum absolute atomic E-state index is 5.49. The van der Waals surface area contributed by atoms with Crippen molar-refractivity contribution in [2.24, 2.45) is 5.10 Å². The summed E-state index contributed by atoms with van der Waals surface area (Å²) in [6.45, 7) is 6.60. The molecule has 8 heteroatoms. The minimum atomic E-state index is 0.685. The van der Waals surface area contributed by atoms with Crippen LogP contribution in [0.1, 0.15) is 22.6 Å². The first-order valence-electron chi connectivity index (χ1n) is 10.9. The lowest BCUT2D eigenvalue weighted by Crippen LogP contribution is -2.37. The maximum Gasteiger partial charge on any atom is 0.152 e. The summed E-state index contributed by atoms with van der Waals surface area (Å²) in [5.74, 6) is 2.36. The summed E-state index contributed by atoms with van der Waals surface area (Å²) in [6, 6.07) is 16.1. The summed E-state index contributed by atoms with van der Waals surface area (Å²) < 4.78 is 5.49. The SMILES string of the molecule is Cc1cccc(/C=N/Nc2cc(N3CCOCC3)nc(CCNCc3ccccn3)n2)c1. The fourth-order valence-corrected chi connectivity index (χ4v) is 3.45. The summed E-state index contributed by atoms with van der Waals surface area (Å²) in [5.41, 5.74) is 6.34. The molecule has 32 heavy (non-hydrogen) atoms. The molecule has 166 valence electrons. The van der Waals surface area contributed by atoms with Crippen LogP contribution in [0.25, 0.3) is 0 Å². The molecule has 0 atom stereocenters. The minimum absolute atomic E-state index is 0.685. The Bertz CT molecular complexity index is 1020. The van der Waals surface area contributed by atoms with Crippen molar-refractivity contribution in [1.82, 2.24) is 20.3 Å². The highest BCUT2D eigenvalue weighted by Gasteiger charge is 2.15. The van der Waals surface area contributed by atoms with Crippen molar-refractivity contribution in [3.8, 4) is 0 Å². The van der Waals surface area contributed by atoms with Crippen molar-refractivity contribution in [2.45, 2.75) is 19.9 Å². The topological polar surface area (TPSA) is 87.6 Å². The standard InChI is InChI=1S/C24H29N7O/c1-19-5-4-6-20(15-19)17-27-30-23-16-24(31-11-13-32-14-12-31)29-22(28-23)8-10-25-18-21-7-2-3-9-26-21/h2-7,9,15-17,25H,8,10-14,18H2,1H3,(H,28,29,30)/b27-17+. The summed E-state index contributed by atoms with van der Waals surface area (Å²) in [6.07, 6.45) is 4.32. The van der Waals surface area contributed by atoms with Crippen LogP contribution in [0, 0.1) is 6.92 Å². The molecule has 1 aromatic carbocycles. The molecule has 1 aliphatic rings. The van der Waals surface area contributed by atoms with E-state index in [1.165, 1.54) is 5.56 Å². The number of pyridine rings is 1. The van der Waals surface area contributed by atoms with Crippen LogP contribution in [0.4, 0.5) is 11.6 Å². The Kier molecular flexibility index (Phi) is 7.73. The van der Waals surface area contributed by atoms with E-state index in [0.29, 0.717) is 25.5 Å². The Labute approximate surface area is 188 Å². The van der Waals surface area contributed by atoms with Crippen LogP contribution in [0.5, 0.6) is 0 Å². The van der Waals surface area contributed by atoms with Crippen molar-refractivity contribution < 1.29 is 4.74 Å². The molecular weight excluding hydrogens is 402 g/mol. The van der Waals surface area contributed by atoms with Crippen molar-refractivity contribution in [3.63, 3.8) is 0 Å². The smallest absolute Gasteiger partial charge is 0.152 e. The van der Waals surface area contributed by atoms with Gasteiger partial charge in [0.05, 0.1) is 25.1 Å². The summed E-state index contributed by atoms with van der Waals surface area (Å²) in [5, 5.41) is 7.80. The lowest BCUT2D eigenvalue weighted by molar-refractivity contribution is 0.122. The molecule has 0 unspecified atom stereocenters. The molecule has 2 aromatic heterocycles. The van der Waals surface area contributed by atoms with Gasteiger partial charge in [-0.25, -0.2) is 9.97 Å². The van der Waals surface area contributed by atoms with Gasteiger partial charge in [0.15, 0.2) is 5.82 Å². The van der Waals surface area contributed by atoms with E-state index in [-0.39, 0.29) is 0 Å². The number of benzene rings is 1. The van der Waals surface area contributed by atoms with E-state index in [1.54, 1.807) is 12.4 Å². The second kappa shape index (κ2) is 11.3. The van der Waals surface area contributed by atoms with Crippen LogP contribution >= 0.6 is 0 Å². The zero-order valence-electron chi connectivity index (χ0n) is 18.4. The largest absolute Gasteiger partial charge is 0.378 e. The Balaban J connectivity index is 1.42. The van der Waals surface area contributed by atoms with Crippen LogP contribution in [0.15, 0.2) is 59.8 Å². The molecule has 0 radical (unpaired) electrons. The van der Waals surface area contributed by atoms with Crippen molar-refractivity contribution in [2.75, 3.05) is 43.2 Å². The van der Waals surface area contributed by atoms with Gasteiger partial charge in [0, 0.05) is 44.9 Å². The molecule has 3 heterocycles. The molecule has 1 saturated heterocycles. The first-order chi connectivity index (χ1) is 15.8. The average Bonchev–Trinajstić information content (AvgIpc) is 2.83. The van der Waals surface area contributed by atoms with E-state index in [9.17, 15) is 0 Å². The number of rotatable bonds is 9. The van der Waals surface area contributed by atoms with Gasteiger partial charge in [-0.2, -0.15) is 5.10 Å². The molecular formula is C24H29N7O. The molecule has 0 spiro atoms. The van der Waals surface area contributed by atoms with Crippen molar-refractivity contribution >= 4 is 17.9 Å². The van der Waals surface area contributed by atoms with Gasteiger partial charge in [-0.1, -0.05) is 35.9 Å². The first-order valence-corrected chi connectivity index (χ1v) is 10.9. The van der Waals surface area contributed by atoms with Gasteiger partial charge in [-0.15, -0.1) is 0 Å². The van der Waals surface area contributed by atoms with E-state index in [1.807, 2.05) is 36.4 Å². The van der Waals surface area contributed by atoms with Gasteiger partial charge < -0.3 is 15.0 Å². The van der Waals surface area contributed by atoms with Crippen LogP contribution in [-0.4, -0.2) is 54.0 Å². The zero-order chi connectivity index (χ0) is 22.0. The summed E-state index contributed by atoms with van der Waals surface area (Å²) in [4.78, 5) is 16.0. The van der Waals surface area contributed by atoms with E-state index in [4.69, 9.17) is 9.72 Å². The highest BCUT2D eigenvalue weighted by molar-refractivity contribution is 5.80. The Morgan fingerprint density at radius 3 is 2.81 bits per heavy atom. The van der Waals surface area contributed by atoms with E-state index in [2.05, 4.69) is 49.8 Å². The predicted molar refractivity (Wildman–Crippen MR) is 127 cm³/mol. The minimum Gasteiger partial charge on any atom is -0.378 e. The molecule has 0 amide bonds. The lowest BCUT2D eigenvalue weighted by atomic mass is 10.2. The Hall–Kier alpha value is -3.36. The summed E-state index contributed by atoms with van der Waals surface area (Å²) in [7, 11) is 0. The number of hydrogen-bond donors (Lipinski definition) is 2. The van der Waals surface area contributed by atoms with Crippen LogP contribution in [0.3, 0.4) is 0 Å². The van der Waals surface area contributed by atoms with Gasteiger partial charge >= 0.3 is 0 Å². The number of ether oxygens (including phenoxy) is 1. The normalized spacial score (nSPS) is 14.1. The number of aromatic nitrogens is 3. The number of anilines is 2. The van der Waals surface area contributed by atoms with E-state index in [0.717, 1.165) is 49.1 Å². The van der Waals surface area contributed by atoms with Gasteiger partial charge in [0.1, 0.15) is 11.6 Å². The molecule has 3 aromatic rings. The fourth-order valence-electron chi connectivity index (χ4n) is 3.45. The highest BCUT2D eigenvalue weighted by atomic mass is 16.5. The Morgan fingerprint density at radius 1 is 1.09 bits per heavy atom. The number of hydrogen-bond acceptors (Lipinski definition) is 8. The number of aryl methyl sites for hydroxylation is 1. The monoisotopic (exact) mass is 431 g/mol. The second-order valence-corrected chi connectivity index (χ2v) is 7.66. The third kappa shape index (κ3) is 6.57. The lowest BCUT2D eigenvalue weighted by Gasteiger charge is -2.28. The second-order valence-electron chi connectivity index (χ2n) is 7.66. The molecule has 4 rings (SSSR count). The molecule has 2 N–H and O–H groups in total. The maximum atomic E-state index is 5.49. The number of morpholine rings is 1. The highest BCUT2D eigenvalue weighted by Crippen LogP contribution is 2.18. The molecule has 8 nitrogen and oxygen atoms in total. The van der Waals surface area contributed by atoms with Crippen molar-refractivity contribution in [1.29, 1.82) is 0 Å². The third-order valence-corrected chi connectivity index (χ3v) is 5.09.